The lowest BCUT2D eigenvalue weighted by Crippen LogP contribution is -2.19. The highest BCUT2D eigenvalue weighted by Gasteiger charge is 2.19. The molecule has 0 bridgehead atoms. The van der Waals surface area contributed by atoms with Crippen molar-refractivity contribution in [1.82, 2.24) is 10.5 Å². The van der Waals surface area contributed by atoms with Gasteiger partial charge in [-0.25, -0.2) is 4.79 Å². The van der Waals surface area contributed by atoms with Crippen LogP contribution in [0.2, 0.25) is 0 Å². The predicted octanol–water partition coefficient (Wildman–Crippen LogP) is 4.78. The Morgan fingerprint density at radius 3 is 2.58 bits per heavy atom. The number of hydroxylamine groups is 1. The highest BCUT2D eigenvalue weighted by atomic mass is 16.7. The maximum absolute atomic E-state index is 10.8. The number of fused-ring (bicyclic) bond motifs is 1. The number of nitrogens with one attached hydrogen (secondary N) is 1. The van der Waals surface area contributed by atoms with Crippen molar-refractivity contribution in [2.45, 2.75) is 25.4 Å². The van der Waals surface area contributed by atoms with E-state index in [0.717, 1.165) is 41.5 Å². The van der Waals surface area contributed by atoms with Crippen LogP contribution < -0.4 is 10.2 Å². The van der Waals surface area contributed by atoms with E-state index >= 15 is 0 Å². The van der Waals surface area contributed by atoms with Gasteiger partial charge in [0.2, 0.25) is 0 Å². The molecule has 33 heavy (non-hydrogen) atoms. The summed E-state index contributed by atoms with van der Waals surface area (Å²) in [6, 6.07) is 19.6. The van der Waals surface area contributed by atoms with Gasteiger partial charge in [0.05, 0.1) is 5.70 Å². The van der Waals surface area contributed by atoms with Crippen LogP contribution in [0.4, 0.5) is 0 Å². The molecule has 0 aliphatic heterocycles. The summed E-state index contributed by atoms with van der Waals surface area (Å²) in [5, 5.41) is 8.89. The smallest absolute Gasteiger partial charge is 0.341 e. The number of nitrogens with zero attached hydrogens (tertiary/aromatic N) is 1. The van der Waals surface area contributed by atoms with Gasteiger partial charge < -0.3 is 9.84 Å². The molecule has 0 saturated carbocycles. The van der Waals surface area contributed by atoms with E-state index in [0.29, 0.717) is 11.4 Å². The van der Waals surface area contributed by atoms with E-state index in [2.05, 4.69) is 23.1 Å². The molecule has 2 aromatic carbocycles. The predicted molar refractivity (Wildman–Crippen MR) is 126 cm³/mol. The molecule has 0 spiro atoms. The zero-order valence-electron chi connectivity index (χ0n) is 18.2. The molecule has 3 aromatic rings. The Kier molecular flexibility index (Phi) is 7.17. The number of benzene rings is 2. The number of ether oxygens (including phenoxy) is 1. The largest absolute Gasteiger partial charge is 0.482 e. The number of hydrogen-bond donors (Lipinski definition) is 2. The third-order valence-corrected chi connectivity index (χ3v) is 5.49. The highest BCUT2D eigenvalue weighted by Crippen LogP contribution is 2.32. The molecule has 1 aromatic heterocycles. The van der Waals surface area contributed by atoms with Crippen LogP contribution in [0.3, 0.4) is 0 Å². The van der Waals surface area contributed by atoms with Gasteiger partial charge in [0.1, 0.15) is 11.9 Å². The monoisotopic (exact) mass is 442 g/mol. The highest BCUT2D eigenvalue weighted by molar-refractivity contribution is 5.68. The molecule has 0 radical (unpaired) electrons. The number of rotatable bonds is 9. The van der Waals surface area contributed by atoms with Crippen molar-refractivity contribution in [3.8, 4) is 5.75 Å². The van der Waals surface area contributed by atoms with E-state index in [1.165, 1.54) is 5.57 Å². The van der Waals surface area contributed by atoms with Gasteiger partial charge in [-0.15, -0.1) is 0 Å². The van der Waals surface area contributed by atoms with Gasteiger partial charge in [-0.3, -0.25) is 15.3 Å². The van der Waals surface area contributed by atoms with Crippen molar-refractivity contribution >= 4 is 5.97 Å². The van der Waals surface area contributed by atoms with Crippen LogP contribution in [0.15, 0.2) is 97.0 Å². The molecule has 6 nitrogen and oxygen atoms in total. The summed E-state index contributed by atoms with van der Waals surface area (Å²) in [7, 11) is 0. The van der Waals surface area contributed by atoms with E-state index in [1.807, 2.05) is 60.7 Å². The van der Waals surface area contributed by atoms with Crippen molar-refractivity contribution < 1.29 is 19.5 Å². The first-order chi connectivity index (χ1) is 16.1. The minimum Gasteiger partial charge on any atom is -0.482 e. The van der Waals surface area contributed by atoms with Crippen LogP contribution in [-0.4, -0.2) is 22.7 Å². The van der Waals surface area contributed by atoms with Crippen LogP contribution in [0.5, 0.6) is 5.75 Å². The second-order valence-corrected chi connectivity index (χ2v) is 7.87. The summed E-state index contributed by atoms with van der Waals surface area (Å²) in [5.41, 5.74) is 9.14. The SMILES string of the molecule is C=C(C=C1CCc2c(cccc2OCC(=O)O)C1)NOC(c1ccccc1)c1ccncc1. The number of carboxylic acid groups (broad SMARTS) is 1. The average Bonchev–Trinajstić information content (AvgIpc) is 2.84. The van der Waals surface area contributed by atoms with Crippen LogP contribution in [-0.2, 0) is 22.5 Å². The first-order valence-electron chi connectivity index (χ1n) is 10.8. The quantitative estimate of drug-likeness (QED) is 0.464. The summed E-state index contributed by atoms with van der Waals surface area (Å²) in [5.74, 6) is -0.329. The molecule has 1 atom stereocenters. The van der Waals surface area contributed by atoms with Crippen LogP contribution in [0, 0.1) is 0 Å². The van der Waals surface area contributed by atoms with Crippen molar-refractivity contribution in [2.75, 3.05) is 6.61 Å². The fourth-order valence-corrected chi connectivity index (χ4v) is 3.98. The van der Waals surface area contributed by atoms with Crippen LogP contribution >= 0.6 is 0 Å². The molecule has 168 valence electrons. The van der Waals surface area contributed by atoms with Crippen molar-refractivity contribution in [3.63, 3.8) is 0 Å². The number of carboxylic acids is 1. The third kappa shape index (κ3) is 5.87. The fourth-order valence-electron chi connectivity index (χ4n) is 3.98. The van der Waals surface area contributed by atoms with Gasteiger partial charge in [0.15, 0.2) is 6.61 Å². The first-order valence-corrected chi connectivity index (χ1v) is 10.8. The molecule has 4 rings (SSSR count). The van der Waals surface area contributed by atoms with Gasteiger partial charge >= 0.3 is 5.97 Å². The van der Waals surface area contributed by atoms with Gasteiger partial charge in [-0.2, -0.15) is 0 Å². The van der Waals surface area contributed by atoms with Crippen molar-refractivity contribution in [3.05, 3.63) is 119 Å². The minimum absolute atomic E-state index is 0.301. The first kappa shape index (κ1) is 22.3. The Balaban J connectivity index is 1.43. The molecule has 0 amide bonds. The van der Waals surface area contributed by atoms with Crippen molar-refractivity contribution in [1.29, 1.82) is 0 Å². The normalized spacial score (nSPS) is 14.8. The summed E-state index contributed by atoms with van der Waals surface area (Å²) in [6.45, 7) is 3.78. The number of carbonyl (C=O) groups is 1. The number of aliphatic carboxylic acids is 1. The Bertz CT molecular complexity index is 1100. The van der Waals surface area contributed by atoms with E-state index in [4.69, 9.17) is 14.7 Å². The second-order valence-electron chi connectivity index (χ2n) is 7.87. The molecule has 1 aliphatic carbocycles. The van der Waals surface area contributed by atoms with E-state index in [9.17, 15) is 4.79 Å². The van der Waals surface area contributed by atoms with Gasteiger partial charge in [0.25, 0.3) is 0 Å². The lowest BCUT2D eigenvalue weighted by atomic mass is 9.87. The van der Waals surface area contributed by atoms with E-state index < -0.39 is 5.97 Å². The second kappa shape index (κ2) is 10.6. The zero-order valence-corrected chi connectivity index (χ0v) is 18.2. The number of allylic oxidation sites excluding steroid dienone is 2. The standard InChI is InChI=1S/C27H26N2O4/c1-19(29-33-27(21-6-3-2-4-7-21)22-12-14-28-15-13-22)16-20-10-11-24-23(17-20)8-5-9-25(24)32-18-26(30)31/h2-9,12-16,27,29H,1,10-11,17-18H2,(H,30,31). The Labute approximate surface area is 193 Å². The van der Waals surface area contributed by atoms with Crippen LogP contribution in [0.25, 0.3) is 0 Å². The van der Waals surface area contributed by atoms with Gasteiger partial charge in [-0.1, -0.05) is 54.6 Å². The lowest BCUT2D eigenvalue weighted by molar-refractivity contribution is -0.139. The molecule has 1 aliphatic rings. The zero-order chi connectivity index (χ0) is 23.0. The average molecular weight is 443 g/mol. The third-order valence-electron chi connectivity index (χ3n) is 5.49. The molecule has 0 saturated heterocycles. The number of hydrogen-bond acceptors (Lipinski definition) is 5. The molecule has 0 fully saturated rings. The van der Waals surface area contributed by atoms with E-state index in [1.54, 1.807) is 12.4 Å². The summed E-state index contributed by atoms with van der Waals surface area (Å²) < 4.78 is 5.46. The minimum atomic E-state index is -0.980. The lowest BCUT2D eigenvalue weighted by Gasteiger charge is -2.22. The maximum atomic E-state index is 10.8. The van der Waals surface area contributed by atoms with Gasteiger partial charge in [0, 0.05) is 12.4 Å². The van der Waals surface area contributed by atoms with E-state index in [-0.39, 0.29) is 12.7 Å². The Hall–Kier alpha value is -3.90. The topological polar surface area (TPSA) is 80.7 Å². The van der Waals surface area contributed by atoms with Crippen LogP contribution in [0.1, 0.15) is 34.8 Å². The number of pyridine rings is 1. The molecule has 1 heterocycles. The fraction of sp³-hybridized carbons (Fsp3) is 0.185. The molecular weight excluding hydrogens is 416 g/mol. The summed E-state index contributed by atoms with van der Waals surface area (Å²) in [6.07, 6.45) is 7.60. The molecule has 6 heteroatoms. The van der Waals surface area contributed by atoms with Crippen molar-refractivity contribution in [2.24, 2.45) is 0 Å². The van der Waals surface area contributed by atoms with Gasteiger partial charge in [-0.05, 0) is 65.8 Å². The molecular formula is C27H26N2O4. The Morgan fingerprint density at radius 2 is 1.82 bits per heavy atom. The summed E-state index contributed by atoms with van der Waals surface area (Å²) in [4.78, 5) is 21.0. The Morgan fingerprint density at radius 1 is 1.06 bits per heavy atom. The maximum Gasteiger partial charge on any atom is 0.341 e. The molecule has 1 unspecified atom stereocenters. The summed E-state index contributed by atoms with van der Waals surface area (Å²) >= 11 is 0. The number of aromatic nitrogens is 1. The molecule has 2 N–H and O–H groups in total.